The molecular formula is C15H17BrO2. The van der Waals surface area contributed by atoms with E-state index >= 15 is 0 Å². The lowest BCUT2D eigenvalue weighted by Crippen LogP contribution is -2.04. The van der Waals surface area contributed by atoms with E-state index in [1.807, 2.05) is 6.07 Å². The van der Waals surface area contributed by atoms with Crippen molar-refractivity contribution < 1.29 is 9.84 Å². The largest absolute Gasteiger partial charge is 0.507 e. The minimum atomic E-state index is 0.224. The molecule has 0 saturated carbocycles. The fourth-order valence-corrected chi connectivity index (χ4v) is 2.90. The minimum absolute atomic E-state index is 0.224. The molecule has 2 rings (SSSR count). The summed E-state index contributed by atoms with van der Waals surface area (Å²) >= 11 is 3.36. The third-order valence-corrected chi connectivity index (χ3v) is 3.70. The van der Waals surface area contributed by atoms with Gasteiger partial charge in [0, 0.05) is 16.0 Å². The Bertz CT molecular complexity index is 492. The van der Waals surface area contributed by atoms with Gasteiger partial charge in [-0.25, -0.2) is 0 Å². The van der Waals surface area contributed by atoms with Crippen LogP contribution in [0.5, 0.6) is 11.5 Å². The van der Waals surface area contributed by atoms with Crippen molar-refractivity contribution in [2.75, 3.05) is 0 Å². The Kier molecular flexibility index (Phi) is 4.12. The maximum atomic E-state index is 10.2. The highest BCUT2D eigenvalue weighted by Gasteiger charge is 2.21. The maximum absolute atomic E-state index is 10.2. The topological polar surface area (TPSA) is 29.5 Å². The number of benzene rings is 1. The van der Waals surface area contributed by atoms with E-state index in [0.29, 0.717) is 5.75 Å². The molecule has 0 saturated heterocycles. The maximum Gasteiger partial charge on any atom is 0.135 e. The summed E-state index contributed by atoms with van der Waals surface area (Å²) in [6, 6.07) is 3.58. The molecule has 0 aliphatic heterocycles. The van der Waals surface area contributed by atoms with Crippen LogP contribution in [-0.2, 0) is 0 Å². The van der Waals surface area contributed by atoms with Crippen LogP contribution in [0.2, 0.25) is 0 Å². The second-order valence-electron chi connectivity index (χ2n) is 4.63. The van der Waals surface area contributed by atoms with Gasteiger partial charge in [-0.1, -0.05) is 34.2 Å². The van der Waals surface area contributed by atoms with Crippen molar-refractivity contribution in [3.63, 3.8) is 0 Å². The Hall–Kier alpha value is -1.22. The van der Waals surface area contributed by atoms with Crippen molar-refractivity contribution in [2.24, 2.45) is 0 Å². The Morgan fingerprint density at radius 2 is 2.28 bits per heavy atom. The van der Waals surface area contributed by atoms with Gasteiger partial charge in [-0.15, -0.1) is 0 Å². The lowest BCUT2D eigenvalue weighted by atomic mass is 9.85. The Morgan fingerprint density at radius 3 is 2.94 bits per heavy atom. The third kappa shape index (κ3) is 2.78. The number of phenols is 1. The van der Waals surface area contributed by atoms with Gasteiger partial charge in [-0.3, -0.25) is 0 Å². The highest BCUT2D eigenvalue weighted by atomic mass is 79.9. The smallest absolute Gasteiger partial charge is 0.135 e. The van der Waals surface area contributed by atoms with E-state index in [1.165, 1.54) is 11.8 Å². The Labute approximate surface area is 116 Å². The average molecular weight is 309 g/mol. The monoisotopic (exact) mass is 308 g/mol. The summed E-state index contributed by atoms with van der Waals surface area (Å²) < 4.78 is 6.23. The van der Waals surface area contributed by atoms with Crippen LogP contribution < -0.4 is 4.74 Å². The van der Waals surface area contributed by atoms with Gasteiger partial charge in [0.1, 0.15) is 11.5 Å². The molecular weight excluding hydrogens is 292 g/mol. The van der Waals surface area contributed by atoms with E-state index in [-0.39, 0.29) is 11.7 Å². The van der Waals surface area contributed by atoms with E-state index in [2.05, 4.69) is 35.5 Å². The van der Waals surface area contributed by atoms with E-state index in [0.717, 1.165) is 29.3 Å². The Balaban J connectivity index is 2.47. The summed E-state index contributed by atoms with van der Waals surface area (Å²) in [5.74, 6) is 1.17. The molecule has 1 aromatic carbocycles. The Morgan fingerprint density at radius 1 is 1.50 bits per heavy atom. The summed E-state index contributed by atoms with van der Waals surface area (Å²) in [5.41, 5.74) is 2.23. The van der Waals surface area contributed by atoms with E-state index in [4.69, 9.17) is 4.74 Å². The standard InChI is InChI=1S/C15H17BrO2/c1-3-18-14-9-12(16)8-13(17)15(14)11-6-4-5-10(2)7-11/h3,7-9,11,17H,1,4-6H2,2H3. The zero-order valence-electron chi connectivity index (χ0n) is 10.4. The van der Waals surface area contributed by atoms with Gasteiger partial charge in [-0.2, -0.15) is 0 Å². The number of phenolic OH excluding ortho intramolecular Hbond substituents is 1. The van der Waals surface area contributed by atoms with Crippen LogP contribution in [0.4, 0.5) is 0 Å². The number of ether oxygens (including phenoxy) is 1. The molecule has 1 aromatic rings. The van der Waals surface area contributed by atoms with Crippen LogP contribution in [-0.4, -0.2) is 5.11 Å². The lowest BCUT2D eigenvalue weighted by Gasteiger charge is -2.22. The van der Waals surface area contributed by atoms with Gasteiger partial charge in [0.2, 0.25) is 0 Å². The lowest BCUT2D eigenvalue weighted by molar-refractivity contribution is 0.433. The number of halogens is 1. The first kappa shape index (κ1) is 13.2. The highest BCUT2D eigenvalue weighted by Crippen LogP contribution is 2.42. The van der Waals surface area contributed by atoms with Crippen molar-refractivity contribution in [3.05, 3.63) is 46.7 Å². The van der Waals surface area contributed by atoms with E-state index in [1.54, 1.807) is 6.07 Å². The molecule has 1 aliphatic carbocycles. The molecule has 0 aromatic heterocycles. The zero-order chi connectivity index (χ0) is 13.1. The molecule has 0 bridgehead atoms. The normalized spacial score (nSPS) is 19.2. The molecule has 1 N–H and O–H groups in total. The van der Waals surface area contributed by atoms with E-state index < -0.39 is 0 Å². The molecule has 0 spiro atoms. The summed E-state index contributed by atoms with van der Waals surface area (Å²) in [5, 5.41) is 10.2. The first-order valence-electron chi connectivity index (χ1n) is 6.09. The zero-order valence-corrected chi connectivity index (χ0v) is 12.0. The van der Waals surface area contributed by atoms with Crippen LogP contribution in [0.25, 0.3) is 0 Å². The van der Waals surface area contributed by atoms with Crippen molar-refractivity contribution in [3.8, 4) is 11.5 Å². The highest BCUT2D eigenvalue weighted by molar-refractivity contribution is 9.10. The summed E-state index contributed by atoms with van der Waals surface area (Å²) in [4.78, 5) is 0. The molecule has 18 heavy (non-hydrogen) atoms. The van der Waals surface area contributed by atoms with Crippen molar-refractivity contribution in [1.29, 1.82) is 0 Å². The number of aromatic hydroxyl groups is 1. The fraction of sp³-hybridized carbons (Fsp3) is 0.333. The molecule has 1 unspecified atom stereocenters. The molecule has 1 aliphatic rings. The first-order valence-corrected chi connectivity index (χ1v) is 6.88. The van der Waals surface area contributed by atoms with E-state index in [9.17, 15) is 5.11 Å². The van der Waals surface area contributed by atoms with Gasteiger partial charge in [0.25, 0.3) is 0 Å². The van der Waals surface area contributed by atoms with Crippen LogP contribution >= 0.6 is 15.9 Å². The fourth-order valence-electron chi connectivity index (χ4n) is 2.48. The molecule has 0 radical (unpaired) electrons. The van der Waals surface area contributed by atoms with Gasteiger partial charge in [-0.05, 0) is 38.3 Å². The predicted octanol–water partition coefficient (Wildman–Crippen LogP) is 4.89. The number of rotatable bonds is 3. The van der Waals surface area contributed by atoms with Crippen molar-refractivity contribution >= 4 is 15.9 Å². The number of hydrogen-bond donors (Lipinski definition) is 1. The SMILES string of the molecule is C=COc1cc(Br)cc(O)c1C1C=C(C)CCC1. The predicted molar refractivity (Wildman–Crippen MR) is 77.0 cm³/mol. The van der Waals surface area contributed by atoms with Gasteiger partial charge >= 0.3 is 0 Å². The van der Waals surface area contributed by atoms with Crippen LogP contribution in [0.1, 0.15) is 37.7 Å². The molecule has 1 atom stereocenters. The second kappa shape index (κ2) is 5.61. The summed E-state index contributed by atoms with van der Waals surface area (Å²) in [7, 11) is 0. The number of hydrogen-bond acceptors (Lipinski definition) is 2. The first-order chi connectivity index (χ1) is 8.61. The average Bonchev–Trinajstić information content (AvgIpc) is 2.28. The quantitative estimate of drug-likeness (QED) is 0.636. The molecule has 0 amide bonds. The van der Waals surface area contributed by atoms with Crippen LogP contribution in [0, 0.1) is 0 Å². The summed E-state index contributed by atoms with van der Waals surface area (Å²) in [6.45, 7) is 5.72. The van der Waals surface area contributed by atoms with Gasteiger partial charge in [0.15, 0.2) is 0 Å². The molecule has 0 fully saturated rings. The number of allylic oxidation sites excluding steroid dienone is 2. The van der Waals surface area contributed by atoms with Crippen LogP contribution in [0.15, 0.2) is 41.1 Å². The minimum Gasteiger partial charge on any atom is -0.507 e. The third-order valence-electron chi connectivity index (χ3n) is 3.24. The molecule has 96 valence electrons. The molecule has 2 nitrogen and oxygen atoms in total. The second-order valence-corrected chi connectivity index (χ2v) is 5.55. The van der Waals surface area contributed by atoms with Crippen LogP contribution in [0.3, 0.4) is 0 Å². The summed E-state index contributed by atoms with van der Waals surface area (Å²) in [6.07, 6.45) is 6.95. The van der Waals surface area contributed by atoms with Gasteiger partial charge in [0.05, 0.1) is 6.26 Å². The van der Waals surface area contributed by atoms with Crippen molar-refractivity contribution in [1.82, 2.24) is 0 Å². The van der Waals surface area contributed by atoms with Crippen molar-refractivity contribution in [2.45, 2.75) is 32.1 Å². The molecule has 3 heteroatoms. The van der Waals surface area contributed by atoms with Gasteiger partial charge < -0.3 is 9.84 Å². The molecule has 0 heterocycles.